The summed E-state index contributed by atoms with van der Waals surface area (Å²) in [5.74, 6) is -1.24. The Balaban J connectivity index is 1.54. The molecule has 2 saturated heterocycles. The predicted octanol–water partition coefficient (Wildman–Crippen LogP) is 5.09. The summed E-state index contributed by atoms with van der Waals surface area (Å²) in [7, 11) is 0. The molecule has 2 aliphatic heterocycles. The van der Waals surface area contributed by atoms with Crippen molar-refractivity contribution in [2.45, 2.75) is 25.5 Å². The molecule has 0 spiro atoms. The summed E-state index contributed by atoms with van der Waals surface area (Å²) in [6, 6.07) is 19.3. The van der Waals surface area contributed by atoms with Gasteiger partial charge < -0.3 is 4.74 Å². The molecule has 184 valence electrons. The van der Waals surface area contributed by atoms with E-state index in [9.17, 15) is 19.7 Å². The van der Waals surface area contributed by atoms with Crippen LogP contribution < -0.4 is 14.7 Å². The van der Waals surface area contributed by atoms with Crippen molar-refractivity contribution in [2.75, 3.05) is 16.6 Å². The van der Waals surface area contributed by atoms with E-state index in [1.807, 2.05) is 13.0 Å². The molecule has 36 heavy (non-hydrogen) atoms. The molecule has 10 heteroatoms. The number of para-hydroxylation sites is 1. The van der Waals surface area contributed by atoms with Crippen molar-refractivity contribution in [3.8, 4) is 5.75 Å². The molecule has 0 N–H and O–H groups in total. The summed E-state index contributed by atoms with van der Waals surface area (Å²) >= 11 is 6.04. The molecular formula is C26H22ClN3O6. The van der Waals surface area contributed by atoms with Crippen LogP contribution in [0.3, 0.4) is 0 Å². The molecule has 3 aromatic carbocycles. The fourth-order valence-electron chi connectivity index (χ4n) is 4.57. The number of ether oxygens (including phenoxy) is 1. The number of imide groups is 1. The number of carbonyl (C=O) groups excluding carboxylic acids is 2. The van der Waals surface area contributed by atoms with Crippen molar-refractivity contribution >= 4 is 40.5 Å². The van der Waals surface area contributed by atoms with Gasteiger partial charge in [0, 0.05) is 6.07 Å². The van der Waals surface area contributed by atoms with Crippen LogP contribution in [0.1, 0.15) is 24.9 Å². The zero-order valence-corrected chi connectivity index (χ0v) is 20.0. The first-order chi connectivity index (χ1) is 17.4. The number of anilines is 2. The number of halogens is 1. The average molecular weight is 508 g/mol. The van der Waals surface area contributed by atoms with E-state index in [1.165, 1.54) is 17.2 Å². The largest absolute Gasteiger partial charge is 0.494 e. The molecule has 0 radical (unpaired) electrons. The lowest BCUT2D eigenvalue weighted by Crippen LogP contribution is -2.37. The summed E-state index contributed by atoms with van der Waals surface area (Å²) in [5.41, 5.74) is 1.16. The van der Waals surface area contributed by atoms with E-state index in [1.54, 1.807) is 54.6 Å². The van der Waals surface area contributed by atoms with Gasteiger partial charge in [-0.3, -0.25) is 24.5 Å². The number of amides is 2. The van der Waals surface area contributed by atoms with E-state index in [0.717, 1.165) is 11.3 Å². The molecule has 2 heterocycles. The lowest BCUT2D eigenvalue weighted by Gasteiger charge is -2.28. The van der Waals surface area contributed by atoms with Crippen LogP contribution in [0, 0.1) is 16.0 Å². The number of carbonyl (C=O) groups is 2. The molecule has 0 unspecified atom stereocenters. The van der Waals surface area contributed by atoms with Crippen molar-refractivity contribution in [1.29, 1.82) is 0 Å². The van der Waals surface area contributed by atoms with E-state index in [2.05, 4.69) is 0 Å². The van der Waals surface area contributed by atoms with Gasteiger partial charge in [-0.25, -0.2) is 9.96 Å². The maximum Gasteiger partial charge on any atom is 0.288 e. The zero-order chi connectivity index (χ0) is 25.4. The summed E-state index contributed by atoms with van der Waals surface area (Å²) in [4.78, 5) is 45.3. The van der Waals surface area contributed by atoms with Gasteiger partial charge in [-0.05, 0) is 54.4 Å². The first-order valence-electron chi connectivity index (χ1n) is 11.5. The van der Waals surface area contributed by atoms with Crippen LogP contribution in [-0.2, 0) is 14.4 Å². The number of fused-ring (bicyclic) bond motifs is 1. The highest BCUT2D eigenvalue weighted by atomic mass is 35.5. The van der Waals surface area contributed by atoms with Gasteiger partial charge in [0.1, 0.15) is 16.7 Å². The lowest BCUT2D eigenvalue weighted by molar-refractivity contribution is -0.384. The first-order valence-corrected chi connectivity index (χ1v) is 11.8. The molecule has 5 rings (SSSR count). The normalized spacial score (nSPS) is 21.1. The fraction of sp³-hybridized carbons (Fsp3) is 0.231. The maximum atomic E-state index is 13.7. The van der Waals surface area contributed by atoms with Crippen molar-refractivity contribution in [2.24, 2.45) is 5.92 Å². The van der Waals surface area contributed by atoms with Crippen molar-refractivity contribution in [1.82, 2.24) is 0 Å². The second-order valence-corrected chi connectivity index (χ2v) is 8.89. The van der Waals surface area contributed by atoms with Crippen LogP contribution in [0.15, 0.2) is 72.8 Å². The SMILES string of the molecule is CCCOc1ccc(N2C(=O)[C@H]3[C@@H](ON(c4ccccc4)[C@H]3c3ccc(Cl)c([N+](=O)[O-])c3)C2=O)cc1. The minimum atomic E-state index is -1.09. The number of hydrogen-bond acceptors (Lipinski definition) is 7. The highest BCUT2D eigenvalue weighted by Gasteiger charge is 2.60. The molecule has 0 bridgehead atoms. The fourth-order valence-corrected chi connectivity index (χ4v) is 4.76. The molecule has 0 saturated carbocycles. The Hall–Kier alpha value is -3.95. The monoisotopic (exact) mass is 507 g/mol. The third-order valence-electron chi connectivity index (χ3n) is 6.20. The highest BCUT2D eigenvalue weighted by Crippen LogP contribution is 2.48. The number of hydrogen-bond donors (Lipinski definition) is 0. The topological polar surface area (TPSA) is 102 Å². The van der Waals surface area contributed by atoms with Crippen LogP contribution in [0.2, 0.25) is 5.02 Å². The summed E-state index contributed by atoms with van der Waals surface area (Å²) in [6.07, 6.45) is -0.235. The van der Waals surface area contributed by atoms with Gasteiger partial charge >= 0.3 is 0 Å². The molecular weight excluding hydrogens is 486 g/mol. The zero-order valence-electron chi connectivity index (χ0n) is 19.2. The third-order valence-corrected chi connectivity index (χ3v) is 6.52. The highest BCUT2D eigenvalue weighted by molar-refractivity contribution is 6.32. The summed E-state index contributed by atoms with van der Waals surface area (Å²) in [5, 5.41) is 13.0. The van der Waals surface area contributed by atoms with Crippen LogP contribution >= 0.6 is 11.6 Å². The third kappa shape index (κ3) is 4.06. The smallest absolute Gasteiger partial charge is 0.288 e. The number of rotatable bonds is 7. The minimum Gasteiger partial charge on any atom is -0.494 e. The molecule has 2 aliphatic rings. The molecule has 3 atom stereocenters. The Morgan fingerprint density at radius 1 is 1.00 bits per heavy atom. The van der Waals surface area contributed by atoms with Crippen molar-refractivity contribution in [3.63, 3.8) is 0 Å². The van der Waals surface area contributed by atoms with E-state index in [-0.39, 0.29) is 10.7 Å². The lowest BCUT2D eigenvalue weighted by atomic mass is 9.90. The Labute approximate surface area is 211 Å². The second-order valence-electron chi connectivity index (χ2n) is 8.48. The summed E-state index contributed by atoms with van der Waals surface area (Å²) < 4.78 is 5.59. The minimum absolute atomic E-state index is 0.0219. The molecule has 3 aromatic rings. The Morgan fingerprint density at radius 2 is 1.72 bits per heavy atom. The number of benzene rings is 3. The van der Waals surface area contributed by atoms with E-state index in [4.69, 9.17) is 21.2 Å². The average Bonchev–Trinajstić information content (AvgIpc) is 3.39. The van der Waals surface area contributed by atoms with Gasteiger partial charge in [0.05, 0.1) is 28.9 Å². The Morgan fingerprint density at radius 3 is 2.39 bits per heavy atom. The number of nitro groups is 1. The maximum absolute atomic E-state index is 13.7. The first kappa shape index (κ1) is 23.8. The molecule has 2 fully saturated rings. The number of nitro benzene ring substituents is 1. The van der Waals surface area contributed by atoms with E-state index < -0.39 is 34.8 Å². The van der Waals surface area contributed by atoms with Crippen molar-refractivity contribution in [3.05, 3.63) is 93.5 Å². The molecule has 9 nitrogen and oxygen atoms in total. The van der Waals surface area contributed by atoms with Gasteiger partial charge in [0.2, 0.25) is 5.91 Å². The van der Waals surface area contributed by atoms with Gasteiger partial charge in [0.25, 0.3) is 11.6 Å². The van der Waals surface area contributed by atoms with E-state index >= 15 is 0 Å². The van der Waals surface area contributed by atoms with Crippen LogP contribution in [0.25, 0.3) is 0 Å². The van der Waals surface area contributed by atoms with Crippen LogP contribution in [0.4, 0.5) is 17.1 Å². The van der Waals surface area contributed by atoms with Crippen molar-refractivity contribution < 1.29 is 24.1 Å². The van der Waals surface area contributed by atoms with Crippen LogP contribution in [-0.4, -0.2) is 29.4 Å². The molecule has 0 aliphatic carbocycles. The van der Waals surface area contributed by atoms with Gasteiger partial charge in [-0.2, -0.15) is 0 Å². The Bertz CT molecular complexity index is 1320. The Kier molecular flexibility index (Phi) is 6.34. The van der Waals surface area contributed by atoms with Gasteiger partial charge in [-0.15, -0.1) is 0 Å². The second kappa shape index (κ2) is 9.60. The van der Waals surface area contributed by atoms with Crippen LogP contribution in [0.5, 0.6) is 5.75 Å². The molecule has 0 aromatic heterocycles. The van der Waals surface area contributed by atoms with E-state index in [0.29, 0.717) is 29.3 Å². The summed E-state index contributed by atoms with van der Waals surface area (Å²) in [6.45, 7) is 2.56. The molecule has 2 amide bonds. The van der Waals surface area contributed by atoms with Gasteiger partial charge in [-0.1, -0.05) is 42.8 Å². The number of nitrogens with zero attached hydrogens (tertiary/aromatic N) is 3. The van der Waals surface area contributed by atoms with Gasteiger partial charge in [0.15, 0.2) is 6.10 Å². The number of hydroxylamine groups is 1. The standard InChI is InChI=1S/C26H22ClN3O6/c1-2-14-35-19-11-9-17(10-12-19)28-25(31)22-23(16-8-13-20(27)21(15-16)30(33)34)29(36-24(22)26(28)32)18-6-4-3-5-7-18/h3-13,15,22-24H,2,14H2,1H3/t22-,23+,24-/m1/s1. The predicted molar refractivity (Wildman–Crippen MR) is 133 cm³/mol. The quantitative estimate of drug-likeness (QED) is 0.249.